The van der Waals surface area contributed by atoms with Gasteiger partial charge in [0.05, 0.1) is 12.3 Å². The van der Waals surface area contributed by atoms with Crippen molar-refractivity contribution in [2.45, 2.75) is 19.1 Å². The number of nitrogens with two attached hydrogens (primary N) is 1. The van der Waals surface area contributed by atoms with Gasteiger partial charge in [-0.2, -0.15) is 0 Å². The number of aromatic nitrogens is 1. The van der Waals surface area contributed by atoms with Crippen LogP contribution in [0.1, 0.15) is 11.5 Å². The number of nitrogen functional groups attached to an aromatic ring is 1. The summed E-state index contributed by atoms with van der Waals surface area (Å²) in [5.41, 5.74) is 7.27. The summed E-state index contributed by atoms with van der Waals surface area (Å²) in [4.78, 5) is 4.29. The maximum Gasteiger partial charge on any atom is 0.256 e. The van der Waals surface area contributed by atoms with Crippen LogP contribution in [0.25, 0.3) is 0 Å². The van der Waals surface area contributed by atoms with E-state index in [1.807, 2.05) is 38.1 Å². The lowest BCUT2D eigenvalue weighted by atomic mass is 10.3. The summed E-state index contributed by atoms with van der Waals surface area (Å²) in [5.74, 6) is 2.49. The van der Waals surface area contributed by atoms with E-state index in [4.69, 9.17) is 14.9 Å². The van der Waals surface area contributed by atoms with Crippen LogP contribution in [0.4, 0.5) is 5.69 Å². The topological polar surface area (TPSA) is 61.3 Å². The van der Waals surface area contributed by atoms with Gasteiger partial charge in [0.25, 0.3) is 5.22 Å². The molecule has 2 aromatic rings. The molecule has 0 saturated carbocycles. The Morgan fingerprint density at radius 2 is 2.00 bits per heavy atom. The van der Waals surface area contributed by atoms with Gasteiger partial charge in [0.15, 0.2) is 0 Å². The van der Waals surface area contributed by atoms with Crippen LogP contribution in [0.2, 0.25) is 0 Å². The van der Waals surface area contributed by atoms with E-state index in [-0.39, 0.29) is 0 Å². The van der Waals surface area contributed by atoms with Gasteiger partial charge >= 0.3 is 0 Å². The third-order valence-corrected chi connectivity index (χ3v) is 3.26. The number of oxazole rings is 1. The third-order valence-electron chi connectivity index (χ3n) is 2.47. The molecule has 4 nitrogen and oxygen atoms in total. The zero-order chi connectivity index (χ0) is 13.0. The van der Waals surface area contributed by atoms with Crippen molar-refractivity contribution in [3.63, 3.8) is 0 Å². The number of anilines is 1. The van der Waals surface area contributed by atoms with Crippen LogP contribution < -0.4 is 10.5 Å². The highest BCUT2D eigenvalue weighted by Gasteiger charge is 2.05. The van der Waals surface area contributed by atoms with Gasteiger partial charge in [0.2, 0.25) is 0 Å². The maximum absolute atomic E-state index is 5.59. The predicted octanol–water partition coefficient (Wildman–Crippen LogP) is 3.04. The maximum atomic E-state index is 5.59. The van der Waals surface area contributed by atoms with Gasteiger partial charge in [-0.25, -0.2) is 4.98 Å². The third kappa shape index (κ3) is 3.43. The highest BCUT2D eigenvalue weighted by molar-refractivity contribution is 7.99. The number of benzene rings is 1. The van der Waals surface area contributed by atoms with Crippen LogP contribution in [0.5, 0.6) is 5.75 Å². The predicted molar refractivity (Wildman–Crippen MR) is 73.1 cm³/mol. The van der Waals surface area contributed by atoms with E-state index in [9.17, 15) is 0 Å². The van der Waals surface area contributed by atoms with Crippen LogP contribution >= 0.6 is 11.8 Å². The van der Waals surface area contributed by atoms with E-state index in [1.54, 1.807) is 11.8 Å². The molecule has 2 N–H and O–H groups in total. The average Bonchev–Trinajstić information content (AvgIpc) is 2.67. The molecule has 5 heteroatoms. The first-order valence-corrected chi connectivity index (χ1v) is 6.69. The standard InChI is InChI=1S/C13H16N2O2S/c1-9-10(2)17-13(15-9)18-8-7-16-12-5-3-11(14)4-6-12/h3-6H,7-8,14H2,1-2H3. The Hall–Kier alpha value is -1.62. The van der Waals surface area contributed by atoms with Gasteiger partial charge in [-0.1, -0.05) is 11.8 Å². The van der Waals surface area contributed by atoms with E-state index < -0.39 is 0 Å². The fraction of sp³-hybridized carbons (Fsp3) is 0.308. The summed E-state index contributed by atoms with van der Waals surface area (Å²) >= 11 is 1.55. The van der Waals surface area contributed by atoms with Crippen molar-refractivity contribution in [3.05, 3.63) is 35.7 Å². The van der Waals surface area contributed by atoms with Crippen molar-refractivity contribution in [2.24, 2.45) is 0 Å². The van der Waals surface area contributed by atoms with E-state index in [1.165, 1.54) is 0 Å². The van der Waals surface area contributed by atoms with Crippen molar-refractivity contribution in [1.82, 2.24) is 4.98 Å². The molecule has 96 valence electrons. The summed E-state index contributed by atoms with van der Waals surface area (Å²) in [5, 5.41) is 0.700. The number of nitrogens with zero attached hydrogens (tertiary/aromatic N) is 1. The van der Waals surface area contributed by atoms with Crippen molar-refractivity contribution in [3.8, 4) is 5.75 Å². The summed E-state index contributed by atoms with van der Waals surface area (Å²) in [6, 6.07) is 7.37. The molecule has 1 aromatic carbocycles. The quantitative estimate of drug-likeness (QED) is 0.511. The molecule has 0 aliphatic carbocycles. The monoisotopic (exact) mass is 264 g/mol. The molecule has 0 aliphatic rings. The Morgan fingerprint density at radius 3 is 2.61 bits per heavy atom. The lowest BCUT2D eigenvalue weighted by Gasteiger charge is -2.04. The first-order valence-electron chi connectivity index (χ1n) is 5.70. The zero-order valence-electron chi connectivity index (χ0n) is 10.5. The minimum Gasteiger partial charge on any atom is -0.493 e. The molecule has 1 heterocycles. The molecule has 2 rings (SSSR count). The summed E-state index contributed by atoms with van der Waals surface area (Å²) < 4.78 is 11.0. The Balaban J connectivity index is 1.74. The van der Waals surface area contributed by atoms with E-state index >= 15 is 0 Å². The van der Waals surface area contributed by atoms with Crippen LogP contribution in [0.3, 0.4) is 0 Å². The second-order valence-electron chi connectivity index (χ2n) is 3.89. The number of rotatable bonds is 5. The van der Waals surface area contributed by atoms with E-state index in [0.29, 0.717) is 11.8 Å². The fourth-order valence-electron chi connectivity index (χ4n) is 1.36. The molecular formula is C13H16N2O2S. The molecule has 0 aliphatic heterocycles. The Bertz CT molecular complexity index is 489. The lowest BCUT2D eigenvalue weighted by molar-refractivity contribution is 0.343. The molecule has 0 spiro atoms. The number of hydrogen-bond acceptors (Lipinski definition) is 5. The Morgan fingerprint density at radius 1 is 1.28 bits per heavy atom. The zero-order valence-corrected chi connectivity index (χ0v) is 11.3. The van der Waals surface area contributed by atoms with Gasteiger partial charge < -0.3 is 14.9 Å². The molecule has 0 fully saturated rings. The Labute approximate surface area is 111 Å². The second kappa shape index (κ2) is 5.82. The number of aryl methyl sites for hydroxylation is 2. The van der Waals surface area contributed by atoms with E-state index in [2.05, 4.69) is 4.98 Å². The first kappa shape index (κ1) is 12.8. The average molecular weight is 264 g/mol. The number of ether oxygens (including phenoxy) is 1. The van der Waals surface area contributed by atoms with Gasteiger partial charge in [0, 0.05) is 11.4 Å². The Kier molecular flexibility index (Phi) is 4.15. The molecule has 0 amide bonds. The highest BCUT2D eigenvalue weighted by Crippen LogP contribution is 2.20. The molecule has 0 unspecified atom stereocenters. The van der Waals surface area contributed by atoms with Gasteiger partial charge in [0.1, 0.15) is 11.5 Å². The van der Waals surface area contributed by atoms with Gasteiger partial charge in [-0.05, 0) is 38.1 Å². The summed E-state index contributed by atoms with van der Waals surface area (Å²) in [7, 11) is 0. The lowest BCUT2D eigenvalue weighted by Crippen LogP contribution is -2.00. The van der Waals surface area contributed by atoms with Gasteiger partial charge in [-0.15, -0.1) is 0 Å². The molecule has 0 atom stereocenters. The molecule has 0 bridgehead atoms. The minimum atomic E-state index is 0.606. The molecular weight excluding hydrogens is 248 g/mol. The first-order chi connectivity index (χ1) is 8.65. The minimum absolute atomic E-state index is 0.606. The number of hydrogen-bond donors (Lipinski definition) is 1. The number of thioether (sulfide) groups is 1. The van der Waals surface area contributed by atoms with Crippen molar-refractivity contribution < 1.29 is 9.15 Å². The largest absolute Gasteiger partial charge is 0.493 e. The SMILES string of the molecule is Cc1nc(SCCOc2ccc(N)cc2)oc1C. The van der Waals surface area contributed by atoms with Crippen molar-refractivity contribution in [1.29, 1.82) is 0 Å². The smallest absolute Gasteiger partial charge is 0.256 e. The van der Waals surface area contributed by atoms with Crippen molar-refractivity contribution in [2.75, 3.05) is 18.1 Å². The highest BCUT2D eigenvalue weighted by atomic mass is 32.2. The molecule has 0 saturated heterocycles. The fourth-order valence-corrected chi connectivity index (χ4v) is 2.08. The van der Waals surface area contributed by atoms with Crippen LogP contribution in [-0.2, 0) is 0 Å². The van der Waals surface area contributed by atoms with E-state index in [0.717, 1.165) is 28.6 Å². The van der Waals surface area contributed by atoms with Crippen LogP contribution in [-0.4, -0.2) is 17.3 Å². The van der Waals surface area contributed by atoms with Gasteiger partial charge in [-0.3, -0.25) is 0 Å². The molecule has 18 heavy (non-hydrogen) atoms. The van der Waals surface area contributed by atoms with Crippen LogP contribution in [0, 0.1) is 13.8 Å². The van der Waals surface area contributed by atoms with Crippen LogP contribution in [0.15, 0.2) is 33.9 Å². The summed E-state index contributed by atoms with van der Waals surface area (Å²) in [6.45, 7) is 4.46. The molecule has 0 radical (unpaired) electrons. The van der Waals surface area contributed by atoms with Crippen molar-refractivity contribution >= 4 is 17.4 Å². The second-order valence-corrected chi connectivity index (χ2v) is 4.93. The summed E-state index contributed by atoms with van der Waals surface area (Å²) in [6.07, 6.45) is 0. The molecule has 1 aromatic heterocycles. The normalized spacial score (nSPS) is 10.6.